The van der Waals surface area contributed by atoms with Gasteiger partial charge in [0.25, 0.3) is 0 Å². The average molecular weight is 351 g/mol. The molecule has 0 spiro atoms. The summed E-state index contributed by atoms with van der Waals surface area (Å²) in [5, 5.41) is 0. The van der Waals surface area contributed by atoms with Crippen molar-refractivity contribution in [1.29, 1.82) is 0 Å². The fourth-order valence-corrected chi connectivity index (χ4v) is 3.20. The van der Waals surface area contributed by atoms with Crippen molar-refractivity contribution < 1.29 is 0 Å². The van der Waals surface area contributed by atoms with Gasteiger partial charge in [-0.25, -0.2) is 0 Å². The van der Waals surface area contributed by atoms with E-state index in [0.717, 1.165) is 28.2 Å². The Morgan fingerprint density at radius 2 is 1.41 bits per heavy atom. The second kappa shape index (κ2) is 7.12. The number of hydrogen-bond acceptors (Lipinski definition) is 3. The third-order valence-electron chi connectivity index (χ3n) is 4.88. The van der Waals surface area contributed by atoms with Crippen LogP contribution in [0.25, 0.3) is 22.5 Å². The molecule has 0 unspecified atom stereocenters. The van der Waals surface area contributed by atoms with E-state index in [-0.39, 0.29) is 5.41 Å². The highest BCUT2D eigenvalue weighted by Gasteiger charge is 2.24. The van der Waals surface area contributed by atoms with E-state index in [1.165, 1.54) is 5.56 Å². The van der Waals surface area contributed by atoms with Crippen molar-refractivity contribution in [1.82, 2.24) is 15.0 Å². The summed E-state index contributed by atoms with van der Waals surface area (Å²) in [7, 11) is 0. The maximum absolute atomic E-state index is 4.97. The molecule has 0 radical (unpaired) electrons. The van der Waals surface area contributed by atoms with E-state index >= 15 is 0 Å². The molecule has 0 aliphatic rings. The molecule has 0 N–H and O–H groups in total. The van der Waals surface area contributed by atoms with Gasteiger partial charge in [-0.2, -0.15) is 0 Å². The lowest BCUT2D eigenvalue weighted by Gasteiger charge is -2.25. The van der Waals surface area contributed by atoms with E-state index in [1.807, 2.05) is 42.7 Å². The second-order valence-electron chi connectivity index (χ2n) is 7.08. The summed E-state index contributed by atoms with van der Waals surface area (Å²) < 4.78 is 0. The van der Waals surface area contributed by atoms with Gasteiger partial charge in [0.2, 0.25) is 0 Å². The molecule has 3 heteroatoms. The Bertz CT molecular complexity index is 1040. The molecule has 0 aliphatic heterocycles. The van der Waals surface area contributed by atoms with Crippen molar-refractivity contribution in [2.75, 3.05) is 0 Å². The maximum Gasteiger partial charge on any atom is 0.0721 e. The third-order valence-corrected chi connectivity index (χ3v) is 4.88. The molecule has 0 amide bonds. The smallest absolute Gasteiger partial charge is 0.0721 e. The summed E-state index contributed by atoms with van der Waals surface area (Å²) in [6.07, 6.45) is 5.49. The fourth-order valence-electron chi connectivity index (χ4n) is 3.20. The predicted octanol–water partition coefficient (Wildman–Crippen LogP) is 5.53. The van der Waals surface area contributed by atoms with Gasteiger partial charge >= 0.3 is 0 Å². The molecule has 0 saturated carbocycles. The molecule has 0 saturated heterocycles. The van der Waals surface area contributed by atoms with Crippen LogP contribution >= 0.6 is 0 Å². The molecule has 1 aromatic carbocycles. The van der Waals surface area contributed by atoms with Crippen LogP contribution in [0.1, 0.15) is 25.1 Å². The van der Waals surface area contributed by atoms with Crippen molar-refractivity contribution in [3.8, 4) is 22.5 Å². The minimum Gasteiger partial charge on any atom is -0.263 e. The standard InChI is InChI=1S/C24H21N3/c1-24(2,20-9-4-3-5-10-20)23-13-8-12-22(27-23)19-15-18(16-25-17-19)21-11-6-7-14-26-21/h3-17H,1-2H3. The third kappa shape index (κ3) is 3.49. The van der Waals surface area contributed by atoms with Crippen LogP contribution in [0, 0.1) is 0 Å². The average Bonchev–Trinajstić information content (AvgIpc) is 2.75. The molecule has 0 bridgehead atoms. The highest BCUT2D eigenvalue weighted by atomic mass is 14.7. The van der Waals surface area contributed by atoms with E-state index in [1.54, 1.807) is 6.20 Å². The summed E-state index contributed by atoms with van der Waals surface area (Å²) in [6.45, 7) is 4.41. The topological polar surface area (TPSA) is 38.7 Å². The number of nitrogens with zero attached hydrogens (tertiary/aromatic N) is 3. The van der Waals surface area contributed by atoms with Gasteiger partial charge in [-0.15, -0.1) is 0 Å². The first-order valence-electron chi connectivity index (χ1n) is 9.04. The van der Waals surface area contributed by atoms with Crippen LogP contribution < -0.4 is 0 Å². The van der Waals surface area contributed by atoms with Crippen molar-refractivity contribution >= 4 is 0 Å². The van der Waals surface area contributed by atoms with Gasteiger partial charge in [0.05, 0.1) is 17.1 Å². The lowest BCUT2D eigenvalue weighted by atomic mass is 9.81. The molecular weight excluding hydrogens is 330 g/mol. The van der Waals surface area contributed by atoms with Crippen molar-refractivity contribution in [2.24, 2.45) is 0 Å². The SMILES string of the molecule is CC(C)(c1ccccc1)c1cccc(-c2cncc(-c3ccccn3)c2)n1. The van der Waals surface area contributed by atoms with Crippen LogP contribution in [0.3, 0.4) is 0 Å². The van der Waals surface area contributed by atoms with Crippen LogP contribution in [0.5, 0.6) is 0 Å². The molecule has 4 aromatic rings. The number of aromatic nitrogens is 3. The largest absolute Gasteiger partial charge is 0.263 e. The predicted molar refractivity (Wildman–Crippen MR) is 109 cm³/mol. The number of hydrogen-bond donors (Lipinski definition) is 0. The fraction of sp³-hybridized carbons (Fsp3) is 0.125. The Morgan fingerprint density at radius 3 is 2.15 bits per heavy atom. The maximum atomic E-state index is 4.97. The van der Waals surface area contributed by atoms with Crippen LogP contribution in [0.15, 0.2) is 91.4 Å². The number of pyridine rings is 3. The summed E-state index contributed by atoms with van der Waals surface area (Å²) in [5.41, 5.74) is 5.91. The van der Waals surface area contributed by atoms with Crippen LogP contribution in [-0.4, -0.2) is 15.0 Å². The van der Waals surface area contributed by atoms with Gasteiger partial charge in [-0.1, -0.05) is 56.3 Å². The second-order valence-corrected chi connectivity index (χ2v) is 7.08. The molecular formula is C24H21N3. The Hall–Kier alpha value is -3.33. The summed E-state index contributed by atoms with van der Waals surface area (Å²) in [6, 6.07) is 24.6. The van der Waals surface area contributed by atoms with E-state index in [0.29, 0.717) is 0 Å². The summed E-state index contributed by atoms with van der Waals surface area (Å²) in [5.74, 6) is 0. The Kier molecular flexibility index (Phi) is 4.51. The minimum atomic E-state index is -0.177. The molecule has 3 heterocycles. The minimum absolute atomic E-state index is 0.177. The van der Waals surface area contributed by atoms with Gasteiger partial charge in [-0.05, 0) is 35.9 Å². The molecule has 4 rings (SSSR count). The van der Waals surface area contributed by atoms with E-state index < -0.39 is 0 Å². The van der Waals surface area contributed by atoms with Gasteiger partial charge in [0.15, 0.2) is 0 Å². The molecule has 27 heavy (non-hydrogen) atoms. The van der Waals surface area contributed by atoms with Crippen molar-refractivity contribution in [2.45, 2.75) is 19.3 Å². The van der Waals surface area contributed by atoms with Crippen molar-refractivity contribution in [3.63, 3.8) is 0 Å². The normalized spacial score (nSPS) is 11.3. The molecule has 132 valence electrons. The van der Waals surface area contributed by atoms with Crippen LogP contribution in [-0.2, 0) is 5.41 Å². The van der Waals surface area contributed by atoms with E-state index in [9.17, 15) is 0 Å². The van der Waals surface area contributed by atoms with Gasteiger partial charge in [0.1, 0.15) is 0 Å². The van der Waals surface area contributed by atoms with E-state index in [4.69, 9.17) is 4.98 Å². The zero-order valence-electron chi connectivity index (χ0n) is 15.5. The first-order chi connectivity index (χ1) is 13.1. The lowest BCUT2D eigenvalue weighted by molar-refractivity contribution is 0.618. The van der Waals surface area contributed by atoms with Gasteiger partial charge in [0, 0.05) is 35.1 Å². The number of rotatable bonds is 4. The molecule has 3 aromatic heterocycles. The molecule has 0 atom stereocenters. The first-order valence-corrected chi connectivity index (χ1v) is 9.04. The van der Waals surface area contributed by atoms with Crippen LogP contribution in [0.2, 0.25) is 0 Å². The lowest BCUT2D eigenvalue weighted by Crippen LogP contribution is -2.20. The highest BCUT2D eigenvalue weighted by Crippen LogP contribution is 2.31. The Labute approximate surface area is 159 Å². The monoisotopic (exact) mass is 351 g/mol. The Balaban J connectivity index is 1.74. The summed E-state index contributed by atoms with van der Waals surface area (Å²) in [4.78, 5) is 13.8. The first kappa shape index (κ1) is 17.1. The van der Waals surface area contributed by atoms with Gasteiger partial charge in [-0.3, -0.25) is 15.0 Å². The molecule has 0 aliphatic carbocycles. The van der Waals surface area contributed by atoms with Crippen molar-refractivity contribution in [3.05, 3.63) is 103 Å². The van der Waals surface area contributed by atoms with Gasteiger partial charge < -0.3 is 0 Å². The molecule has 0 fully saturated rings. The van der Waals surface area contributed by atoms with E-state index in [2.05, 4.69) is 66.3 Å². The number of benzene rings is 1. The zero-order chi connectivity index (χ0) is 18.7. The molecule has 3 nitrogen and oxygen atoms in total. The van der Waals surface area contributed by atoms with Crippen LogP contribution in [0.4, 0.5) is 0 Å². The quantitative estimate of drug-likeness (QED) is 0.485. The summed E-state index contributed by atoms with van der Waals surface area (Å²) >= 11 is 0. The zero-order valence-corrected chi connectivity index (χ0v) is 15.5. The Morgan fingerprint density at radius 1 is 0.704 bits per heavy atom. The highest BCUT2D eigenvalue weighted by molar-refractivity contribution is 5.68.